The van der Waals surface area contributed by atoms with Crippen molar-refractivity contribution < 1.29 is 9.59 Å². The number of carbonyl (C=O) groups is 2. The van der Waals surface area contributed by atoms with Gasteiger partial charge in [-0.25, -0.2) is 4.98 Å². The van der Waals surface area contributed by atoms with Crippen LogP contribution in [0.2, 0.25) is 0 Å². The number of thiophene rings is 1. The minimum absolute atomic E-state index is 0.0325. The largest absolute Gasteiger partial charge is 0.352 e. The zero-order valence-electron chi connectivity index (χ0n) is 17.7. The van der Waals surface area contributed by atoms with Crippen LogP contribution in [-0.4, -0.2) is 23.3 Å². The molecular formula is C25H25N3O2S2. The molecule has 2 N–H and O–H groups in total. The molecule has 0 fully saturated rings. The van der Waals surface area contributed by atoms with E-state index in [1.165, 1.54) is 9.58 Å². The van der Waals surface area contributed by atoms with Gasteiger partial charge in [0.25, 0.3) is 5.91 Å². The number of amides is 2. The lowest BCUT2D eigenvalue weighted by Gasteiger charge is -2.08. The van der Waals surface area contributed by atoms with E-state index < -0.39 is 0 Å². The Morgan fingerprint density at radius 2 is 1.84 bits per heavy atom. The number of anilines is 1. The molecule has 2 amide bonds. The van der Waals surface area contributed by atoms with Crippen LogP contribution in [0.3, 0.4) is 0 Å². The highest BCUT2D eigenvalue weighted by atomic mass is 32.1. The number of benzene rings is 2. The maximum Gasteiger partial charge on any atom is 0.251 e. The van der Waals surface area contributed by atoms with Crippen molar-refractivity contribution in [2.45, 2.75) is 32.1 Å². The Labute approximate surface area is 195 Å². The van der Waals surface area contributed by atoms with Gasteiger partial charge in [0.15, 0.2) is 0 Å². The highest BCUT2D eigenvalue weighted by molar-refractivity contribution is 7.18. The number of thiazole rings is 1. The van der Waals surface area contributed by atoms with Crippen molar-refractivity contribution in [3.05, 3.63) is 81.5 Å². The van der Waals surface area contributed by atoms with Crippen molar-refractivity contribution in [1.29, 1.82) is 0 Å². The van der Waals surface area contributed by atoms with Crippen LogP contribution < -0.4 is 10.6 Å². The van der Waals surface area contributed by atoms with Gasteiger partial charge < -0.3 is 10.6 Å². The molecule has 2 heterocycles. The van der Waals surface area contributed by atoms with Crippen molar-refractivity contribution >= 4 is 50.4 Å². The standard InChI is InChI=1S/C25H25N3O2S2/c29-23(13-4-9-20-10-6-16-31-20)27-19-8-3-7-18(17-19)25(30)26-15-5-14-24-28-21-11-1-2-12-22(21)32-24/h1-3,6-8,10-12,16-17H,4-5,9,13-15H2,(H,26,30)(H,27,29). The molecule has 2 aromatic heterocycles. The number of rotatable bonds is 10. The average molecular weight is 464 g/mol. The van der Waals surface area contributed by atoms with E-state index in [1.54, 1.807) is 46.9 Å². The van der Waals surface area contributed by atoms with Gasteiger partial charge in [0.2, 0.25) is 5.91 Å². The fourth-order valence-corrected chi connectivity index (χ4v) is 5.17. The Kier molecular flexibility index (Phi) is 7.64. The van der Waals surface area contributed by atoms with Crippen LogP contribution in [0.25, 0.3) is 10.2 Å². The Hall–Kier alpha value is -3.03. The monoisotopic (exact) mass is 463 g/mol. The van der Waals surface area contributed by atoms with E-state index in [-0.39, 0.29) is 11.8 Å². The van der Waals surface area contributed by atoms with Crippen molar-refractivity contribution in [3.8, 4) is 0 Å². The number of nitrogens with one attached hydrogen (secondary N) is 2. The molecule has 0 saturated carbocycles. The molecule has 0 spiro atoms. The van der Waals surface area contributed by atoms with Crippen LogP contribution in [0.15, 0.2) is 66.0 Å². The van der Waals surface area contributed by atoms with E-state index in [1.807, 2.05) is 29.6 Å². The normalized spacial score (nSPS) is 10.9. The highest BCUT2D eigenvalue weighted by Gasteiger charge is 2.09. The third-order valence-corrected chi connectivity index (χ3v) is 7.04. The van der Waals surface area contributed by atoms with Crippen LogP contribution in [0.1, 0.15) is 39.5 Å². The number of fused-ring (bicyclic) bond motifs is 1. The van der Waals surface area contributed by atoms with Gasteiger partial charge in [0, 0.05) is 35.5 Å². The van der Waals surface area contributed by atoms with Gasteiger partial charge >= 0.3 is 0 Å². The molecule has 32 heavy (non-hydrogen) atoms. The predicted molar refractivity (Wildman–Crippen MR) is 133 cm³/mol. The van der Waals surface area contributed by atoms with Gasteiger partial charge in [0.1, 0.15) is 0 Å². The third kappa shape index (κ3) is 6.24. The van der Waals surface area contributed by atoms with E-state index in [4.69, 9.17) is 0 Å². The van der Waals surface area contributed by atoms with Gasteiger partial charge in [-0.3, -0.25) is 9.59 Å². The molecule has 0 aliphatic carbocycles. The van der Waals surface area contributed by atoms with Crippen molar-refractivity contribution in [3.63, 3.8) is 0 Å². The Morgan fingerprint density at radius 3 is 2.69 bits per heavy atom. The van der Waals surface area contributed by atoms with Crippen LogP contribution in [0, 0.1) is 0 Å². The lowest BCUT2D eigenvalue weighted by Crippen LogP contribution is -2.25. The van der Waals surface area contributed by atoms with Gasteiger partial charge in [-0.05, 0) is 61.0 Å². The van der Waals surface area contributed by atoms with Gasteiger partial charge in [-0.2, -0.15) is 0 Å². The van der Waals surface area contributed by atoms with E-state index in [2.05, 4.69) is 27.8 Å². The van der Waals surface area contributed by atoms with Gasteiger partial charge in [0.05, 0.1) is 15.2 Å². The minimum atomic E-state index is -0.136. The minimum Gasteiger partial charge on any atom is -0.352 e. The number of nitrogens with zero attached hydrogens (tertiary/aromatic N) is 1. The Morgan fingerprint density at radius 1 is 0.938 bits per heavy atom. The summed E-state index contributed by atoms with van der Waals surface area (Å²) in [5.74, 6) is -0.168. The second kappa shape index (κ2) is 11.0. The van der Waals surface area contributed by atoms with Crippen molar-refractivity contribution in [1.82, 2.24) is 10.3 Å². The molecule has 0 bridgehead atoms. The number of hydrogen-bond acceptors (Lipinski definition) is 5. The summed E-state index contributed by atoms with van der Waals surface area (Å²) in [6.45, 7) is 0.577. The molecule has 0 unspecified atom stereocenters. The number of para-hydroxylation sites is 1. The first-order valence-electron chi connectivity index (χ1n) is 10.7. The second-order valence-electron chi connectivity index (χ2n) is 7.50. The summed E-state index contributed by atoms with van der Waals surface area (Å²) < 4.78 is 1.19. The smallest absolute Gasteiger partial charge is 0.251 e. The average Bonchev–Trinajstić information content (AvgIpc) is 3.46. The fourth-order valence-electron chi connectivity index (χ4n) is 3.41. The molecule has 164 valence electrons. The Balaban J connectivity index is 1.20. The van der Waals surface area contributed by atoms with E-state index in [9.17, 15) is 9.59 Å². The molecule has 0 aliphatic rings. The number of carbonyl (C=O) groups excluding carboxylic acids is 2. The summed E-state index contributed by atoms with van der Waals surface area (Å²) in [5.41, 5.74) is 2.22. The summed E-state index contributed by atoms with van der Waals surface area (Å²) in [7, 11) is 0. The number of hydrogen-bond donors (Lipinski definition) is 2. The lowest BCUT2D eigenvalue weighted by atomic mass is 10.1. The zero-order chi connectivity index (χ0) is 22.2. The molecule has 0 aliphatic heterocycles. The third-order valence-electron chi connectivity index (χ3n) is 5.01. The maximum absolute atomic E-state index is 12.5. The molecule has 4 aromatic rings. The first-order chi connectivity index (χ1) is 15.7. The van der Waals surface area contributed by atoms with Crippen LogP contribution in [0.4, 0.5) is 5.69 Å². The molecule has 0 saturated heterocycles. The molecule has 2 aromatic carbocycles. The summed E-state index contributed by atoms with van der Waals surface area (Å²) in [5, 5.41) is 8.99. The van der Waals surface area contributed by atoms with Crippen molar-refractivity contribution in [2.75, 3.05) is 11.9 Å². The van der Waals surface area contributed by atoms with E-state index in [0.29, 0.717) is 24.2 Å². The molecule has 4 rings (SSSR count). The first-order valence-corrected chi connectivity index (χ1v) is 12.4. The second-order valence-corrected chi connectivity index (χ2v) is 9.64. The SMILES string of the molecule is O=C(CCCc1cccs1)Nc1cccc(C(=O)NCCCc2nc3ccccc3s2)c1. The highest BCUT2D eigenvalue weighted by Crippen LogP contribution is 2.22. The van der Waals surface area contributed by atoms with Crippen LogP contribution in [0.5, 0.6) is 0 Å². The quantitative estimate of drug-likeness (QED) is 0.297. The summed E-state index contributed by atoms with van der Waals surface area (Å²) >= 11 is 3.41. The summed E-state index contributed by atoms with van der Waals surface area (Å²) in [4.78, 5) is 30.6. The Bertz CT molecular complexity index is 1150. The van der Waals surface area contributed by atoms with Gasteiger partial charge in [-0.15, -0.1) is 22.7 Å². The van der Waals surface area contributed by atoms with Gasteiger partial charge in [-0.1, -0.05) is 24.3 Å². The van der Waals surface area contributed by atoms with Crippen molar-refractivity contribution in [2.24, 2.45) is 0 Å². The molecule has 0 radical (unpaired) electrons. The molecular weight excluding hydrogens is 438 g/mol. The van der Waals surface area contributed by atoms with E-state index >= 15 is 0 Å². The molecule has 5 nitrogen and oxygen atoms in total. The van der Waals surface area contributed by atoms with Crippen LogP contribution in [-0.2, 0) is 17.6 Å². The zero-order valence-corrected chi connectivity index (χ0v) is 19.3. The summed E-state index contributed by atoms with van der Waals surface area (Å²) in [6, 6.07) is 19.3. The lowest BCUT2D eigenvalue weighted by molar-refractivity contribution is -0.116. The summed E-state index contributed by atoms with van der Waals surface area (Å²) in [6.07, 6.45) is 3.83. The maximum atomic E-state index is 12.5. The fraction of sp³-hybridized carbons (Fsp3) is 0.240. The predicted octanol–water partition coefficient (Wildman–Crippen LogP) is 5.68. The van der Waals surface area contributed by atoms with E-state index in [0.717, 1.165) is 36.2 Å². The number of aromatic nitrogens is 1. The first kappa shape index (κ1) is 22.2. The molecule has 0 atom stereocenters. The van der Waals surface area contributed by atoms with Crippen LogP contribution >= 0.6 is 22.7 Å². The number of aryl methyl sites for hydroxylation is 2. The molecule has 7 heteroatoms. The topological polar surface area (TPSA) is 71.1 Å².